The van der Waals surface area contributed by atoms with Crippen LogP contribution in [0.25, 0.3) is 11.3 Å². The summed E-state index contributed by atoms with van der Waals surface area (Å²) in [7, 11) is 1.76. The molecule has 1 aliphatic heterocycles. The number of ether oxygens (including phenoxy) is 1. The van der Waals surface area contributed by atoms with Crippen molar-refractivity contribution in [1.29, 1.82) is 0 Å². The molecule has 2 heterocycles. The Morgan fingerprint density at radius 1 is 1.12 bits per heavy atom. The fraction of sp³-hybridized carbons (Fsp3) is 0.485. The minimum atomic E-state index is -0.658. The molecule has 3 aromatic rings. The Bertz CT molecular complexity index is 1450. The van der Waals surface area contributed by atoms with Crippen molar-refractivity contribution < 1.29 is 24.5 Å². The third kappa shape index (κ3) is 6.32. The summed E-state index contributed by atoms with van der Waals surface area (Å²) < 4.78 is 6.34. The quantitative estimate of drug-likeness (QED) is 0.314. The fourth-order valence-corrected chi connectivity index (χ4v) is 7.26. The molecular formula is C33H41N3O5S. The van der Waals surface area contributed by atoms with E-state index in [1.54, 1.807) is 23.3 Å². The maximum atomic E-state index is 13.0. The van der Waals surface area contributed by atoms with Crippen molar-refractivity contribution in [2.45, 2.75) is 47.1 Å². The molecule has 1 saturated carbocycles. The number of aliphatic carboxylic acids is 1. The van der Waals surface area contributed by atoms with Gasteiger partial charge in [0.05, 0.1) is 11.6 Å². The van der Waals surface area contributed by atoms with Crippen LogP contribution in [0, 0.1) is 37.0 Å². The number of rotatable bonds is 10. The maximum Gasteiger partial charge on any atom is 0.307 e. The first-order chi connectivity index (χ1) is 20.0. The van der Waals surface area contributed by atoms with Gasteiger partial charge in [0.2, 0.25) is 0 Å². The second-order valence-electron chi connectivity index (χ2n) is 12.8. The molecule has 1 amide bonds. The van der Waals surface area contributed by atoms with Gasteiger partial charge < -0.3 is 24.7 Å². The Morgan fingerprint density at radius 3 is 2.48 bits per heavy atom. The number of thiazole rings is 1. The van der Waals surface area contributed by atoms with Gasteiger partial charge in [-0.2, -0.15) is 0 Å². The molecule has 0 radical (unpaired) electrons. The average molecular weight is 592 g/mol. The van der Waals surface area contributed by atoms with Crippen molar-refractivity contribution in [2.24, 2.45) is 23.2 Å². The summed E-state index contributed by atoms with van der Waals surface area (Å²) in [4.78, 5) is 33.7. The molecule has 1 aromatic heterocycles. The Labute approximate surface area is 252 Å². The minimum absolute atomic E-state index is 0.00946. The number of carbonyl (C=O) groups excluding carboxylic acids is 1. The molecule has 2 fully saturated rings. The van der Waals surface area contributed by atoms with Crippen LogP contribution in [0.5, 0.6) is 5.75 Å². The summed E-state index contributed by atoms with van der Waals surface area (Å²) in [6, 6.07) is 11.8. The van der Waals surface area contributed by atoms with Crippen LogP contribution in [0.3, 0.4) is 0 Å². The predicted octanol–water partition coefficient (Wildman–Crippen LogP) is 5.64. The van der Waals surface area contributed by atoms with Crippen LogP contribution in [-0.4, -0.2) is 65.3 Å². The Morgan fingerprint density at radius 2 is 1.83 bits per heavy atom. The number of anilines is 1. The molecule has 5 rings (SSSR count). The van der Waals surface area contributed by atoms with Gasteiger partial charge in [0.15, 0.2) is 5.13 Å². The van der Waals surface area contributed by atoms with Crippen LogP contribution in [0.1, 0.15) is 53.7 Å². The number of aromatic nitrogens is 1. The number of benzene rings is 2. The molecule has 2 N–H and O–H groups in total. The Hall–Kier alpha value is -3.43. The van der Waals surface area contributed by atoms with Crippen molar-refractivity contribution in [3.8, 4) is 17.0 Å². The number of carboxylic acid groups (broad SMARTS) is 1. The first-order valence-electron chi connectivity index (χ1n) is 14.6. The molecule has 0 unspecified atom stereocenters. The summed E-state index contributed by atoms with van der Waals surface area (Å²) in [6.07, 6.45) is 1.94. The molecule has 8 nitrogen and oxygen atoms in total. The molecular weight excluding hydrogens is 550 g/mol. The van der Waals surface area contributed by atoms with Crippen molar-refractivity contribution >= 4 is 28.3 Å². The first-order valence-corrected chi connectivity index (χ1v) is 15.5. The van der Waals surface area contributed by atoms with E-state index in [-0.39, 0.29) is 35.7 Å². The lowest BCUT2D eigenvalue weighted by Crippen LogP contribution is -2.44. The first kappa shape index (κ1) is 30.0. The van der Waals surface area contributed by atoms with Crippen molar-refractivity contribution in [3.05, 3.63) is 64.0 Å². The number of hydrogen-bond acceptors (Lipinski definition) is 7. The standard InChI is InChI=1S/C33H41N3O5S/c1-20-6-11-28(41-16-25-10-7-22(13-21(25)2)30(38)35(5)18-33(3,4)19-37)26(12-20)27-17-42-32(34-27)36-14-23-8-9-24(15-36)29(23)31(39)40/h6-7,10-13,17,23-24,29,37H,8-9,14-16,18-19H2,1-5H3,(H,39,40)/t23-,24+,29+. The topological polar surface area (TPSA) is 103 Å². The SMILES string of the molecule is Cc1ccc(OCc2ccc(C(=O)N(C)CC(C)(C)CO)cc2C)c(-c2csc(N3C[C@H]4CC[C@@H](C3)[C@H]4C(=O)O)n2)c1. The minimum Gasteiger partial charge on any atom is -0.488 e. The third-order valence-electron chi connectivity index (χ3n) is 8.71. The van der Waals surface area contributed by atoms with E-state index in [1.807, 2.05) is 58.0 Å². The molecule has 9 heteroatoms. The van der Waals surface area contributed by atoms with Gasteiger partial charge in [0.1, 0.15) is 12.4 Å². The summed E-state index contributed by atoms with van der Waals surface area (Å²) in [5, 5.41) is 22.2. The van der Waals surface area contributed by atoms with Crippen molar-refractivity contribution in [3.63, 3.8) is 0 Å². The van der Waals surface area contributed by atoms with E-state index in [0.717, 1.165) is 64.8 Å². The van der Waals surface area contributed by atoms with E-state index in [4.69, 9.17) is 9.72 Å². The highest BCUT2D eigenvalue weighted by molar-refractivity contribution is 7.14. The van der Waals surface area contributed by atoms with E-state index in [9.17, 15) is 19.8 Å². The van der Waals surface area contributed by atoms with Gasteiger partial charge in [-0.3, -0.25) is 9.59 Å². The fourth-order valence-electron chi connectivity index (χ4n) is 6.42. The van der Waals surface area contributed by atoms with Gasteiger partial charge in [0.25, 0.3) is 5.91 Å². The highest BCUT2D eigenvalue weighted by Crippen LogP contribution is 2.44. The molecule has 2 aliphatic rings. The molecule has 42 heavy (non-hydrogen) atoms. The van der Waals surface area contributed by atoms with E-state index in [1.165, 1.54) is 0 Å². The monoisotopic (exact) mass is 591 g/mol. The van der Waals surface area contributed by atoms with Crippen LogP contribution < -0.4 is 9.64 Å². The summed E-state index contributed by atoms with van der Waals surface area (Å²) >= 11 is 1.60. The van der Waals surface area contributed by atoms with Gasteiger partial charge in [-0.1, -0.05) is 31.5 Å². The predicted molar refractivity (Wildman–Crippen MR) is 165 cm³/mol. The van der Waals surface area contributed by atoms with Crippen LogP contribution in [0.15, 0.2) is 41.8 Å². The number of amides is 1. The lowest BCUT2D eigenvalue weighted by atomic mass is 9.85. The molecule has 0 spiro atoms. The summed E-state index contributed by atoms with van der Waals surface area (Å²) in [6.45, 7) is 10.2. The number of aliphatic hydroxyl groups excluding tert-OH is 1. The van der Waals surface area contributed by atoms with E-state index in [2.05, 4.69) is 16.3 Å². The highest BCUT2D eigenvalue weighted by Gasteiger charge is 2.46. The van der Waals surface area contributed by atoms with Gasteiger partial charge in [0, 0.05) is 55.2 Å². The number of piperidine rings is 1. The van der Waals surface area contributed by atoms with Crippen LogP contribution in [0.2, 0.25) is 0 Å². The highest BCUT2D eigenvalue weighted by atomic mass is 32.1. The molecule has 3 atom stereocenters. The van der Waals surface area contributed by atoms with Gasteiger partial charge in [-0.25, -0.2) is 4.98 Å². The van der Waals surface area contributed by atoms with Gasteiger partial charge >= 0.3 is 5.97 Å². The molecule has 2 aromatic carbocycles. The molecule has 1 aliphatic carbocycles. The van der Waals surface area contributed by atoms with E-state index < -0.39 is 5.97 Å². The second-order valence-corrected chi connectivity index (χ2v) is 13.6. The zero-order valence-electron chi connectivity index (χ0n) is 25.1. The normalized spacial score (nSPS) is 20.0. The number of carbonyl (C=O) groups is 2. The second kappa shape index (κ2) is 12.1. The van der Waals surface area contributed by atoms with Crippen molar-refractivity contribution in [2.75, 3.05) is 38.2 Å². The average Bonchev–Trinajstić information content (AvgIpc) is 3.55. The third-order valence-corrected chi connectivity index (χ3v) is 9.61. The largest absolute Gasteiger partial charge is 0.488 e. The lowest BCUT2D eigenvalue weighted by molar-refractivity contribution is -0.144. The zero-order valence-corrected chi connectivity index (χ0v) is 25.9. The van der Waals surface area contributed by atoms with Gasteiger partial charge in [-0.15, -0.1) is 11.3 Å². The molecule has 2 bridgehead atoms. The number of hydrogen-bond donors (Lipinski definition) is 2. The van der Waals surface area contributed by atoms with Crippen LogP contribution in [-0.2, 0) is 11.4 Å². The number of fused-ring (bicyclic) bond motifs is 2. The van der Waals surface area contributed by atoms with Crippen LogP contribution in [0.4, 0.5) is 5.13 Å². The van der Waals surface area contributed by atoms with E-state index >= 15 is 0 Å². The Balaban J connectivity index is 1.28. The molecule has 1 saturated heterocycles. The smallest absolute Gasteiger partial charge is 0.307 e. The lowest BCUT2D eigenvalue weighted by Gasteiger charge is -2.35. The number of aryl methyl sites for hydroxylation is 2. The number of aliphatic hydroxyl groups is 1. The van der Waals surface area contributed by atoms with E-state index in [0.29, 0.717) is 18.7 Å². The van der Waals surface area contributed by atoms with Gasteiger partial charge in [-0.05, 0) is 73.9 Å². The Kier molecular flexibility index (Phi) is 8.62. The maximum absolute atomic E-state index is 13.0. The summed E-state index contributed by atoms with van der Waals surface area (Å²) in [5.41, 5.74) is 5.10. The summed E-state index contributed by atoms with van der Waals surface area (Å²) in [5.74, 6) is 0.148. The van der Waals surface area contributed by atoms with Crippen molar-refractivity contribution in [1.82, 2.24) is 9.88 Å². The van der Waals surface area contributed by atoms with Crippen LogP contribution >= 0.6 is 11.3 Å². The molecule has 224 valence electrons. The number of nitrogens with zero attached hydrogens (tertiary/aromatic N) is 3. The zero-order chi connectivity index (χ0) is 30.2. The number of carboxylic acids is 1.